The molecule has 0 heterocycles. The first kappa shape index (κ1) is 14.6. The molecule has 0 spiro atoms. The van der Waals surface area contributed by atoms with E-state index in [0.717, 1.165) is 5.56 Å². The molecule has 0 aromatic heterocycles. The summed E-state index contributed by atoms with van der Waals surface area (Å²) < 4.78 is 14.2. The van der Waals surface area contributed by atoms with Gasteiger partial charge in [-0.1, -0.05) is 48.4 Å². The molecule has 1 nitrogen and oxygen atoms in total. The molecule has 110 valence electrons. The summed E-state index contributed by atoms with van der Waals surface area (Å²) in [5.74, 6) is 0.411. The quantitative estimate of drug-likeness (QED) is 0.833. The lowest BCUT2D eigenvalue weighted by molar-refractivity contribution is 0.419. The molecule has 1 atom stereocenters. The van der Waals surface area contributed by atoms with Gasteiger partial charge in [-0.2, -0.15) is 0 Å². The molecular formula is C18H19ClFN. The second-order valence-electron chi connectivity index (χ2n) is 5.69. The number of halogens is 2. The van der Waals surface area contributed by atoms with E-state index in [-0.39, 0.29) is 11.9 Å². The molecule has 0 radical (unpaired) electrons. The molecule has 1 aliphatic carbocycles. The number of rotatable bonds is 4. The van der Waals surface area contributed by atoms with E-state index in [1.165, 1.54) is 30.9 Å². The maximum atomic E-state index is 14.2. The van der Waals surface area contributed by atoms with E-state index in [4.69, 9.17) is 11.6 Å². The lowest BCUT2D eigenvalue weighted by Crippen LogP contribution is -2.19. The Kier molecular flexibility index (Phi) is 4.27. The van der Waals surface area contributed by atoms with Crippen LogP contribution < -0.4 is 5.32 Å². The van der Waals surface area contributed by atoms with Crippen LogP contribution in [0.4, 0.5) is 4.39 Å². The average molecular weight is 304 g/mol. The maximum absolute atomic E-state index is 14.2. The van der Waals surface area contributed by atoms with Gasteiger partial charge in [0.25, 0.3) is 0 Å². The molecule has 2 aromatic rings. The van der Waals surface area contributed by atoms with Gasteiger partial charge in [0.1, 0.15) is 5.82 Å². The van der Waals surface area contributed by atoms with Crippen molar-refractivity contribution in [3.05, 3.63) is 70.0 Å². The third-order valence-corrected chi connectivity index (χ3v) is 4.62. The lowest BCUT2D eigenvalue weighted by atomic mass is 9.79. The molecule has 1 aliphatic rings. The van der Waals surface area contributed by atoms with Crippen molar-refractivity contribution >= 4 is 11.6 Å². The van der Waals surface area contributed by atoms with Crippen molar-refractivity contribution < 1.29 is 4.39 Å². The van der Waals surface area contributed by atoms with Crippen LogP contribution in [0.1, 0.15) is 47.9 Å². The van der Waals surface area contributed by atoms with Crippen molar-refractivity contribution in [2.75, 3.05) is 7.05 Å². The average Bonchev–Trinajstić information content (AvgIpc) is 2.40. The summed E-state index contributed by atoms with van der Waals surface area (Å²) >= 11 is 5.84. The second kappa shape index (κ2) is 6.17. The van der Waals surface area contributed by atoms with Crippen LogP contribution in [0.15, 0.2) is 42.5 Å². The lowest BCUT2D eigenvalue weighted by Gasteiger charge is -2.27. The highest BCUT2D eigenvalue weighted by atomic mass is 35.5. The molecule has 1 saturated carbocycles. The first-order valence-corrected chi connectivity index (χ1v) is 7.79. The van der Waals surface area contributed by atoms with Crippen molar-refractivity contribution in [3.8, 4) is 0 Å². The summed E-state index contributed by atoms with van der Waals surface area (Å²) in [6.45, 7) is 0. The van der Waals surface area contributed by atoms with Crippen molar-refractivity contribution in [2.24, 2.45) is 0 Å². The standard InChI is InChI=1S/C18H19ClFN/c1-21-18(16-9-8-15(19)11-17(16)20)14-7-3-6-13(10-14)12-4-2-5-12/h3,6-12,18,21H,2,4-5H2,1H3. The Bertz CT molecular complexity index is 637. The maximum Gasteiger partial charge on any atom is 0.129 e. The summed E-state index contributed by atoms with van der Waals surface area (Å²) in [5.41, 5.74) is 3.10. The predicted molar refractivity (Wildman–Crippen MR) is 85.3 cm³/mol. The van der Waals surface area contributed by atoms with Crippen LogP contribution in [0.2, 0.25) is 5.02 Å². The Morgan fingerprint density at radius 2 is 2.00 bits per heavy atom. The molecule has 0 saturated heterocycles. The fourth-order valence-corrected chi connectivity index (χ4v) is 3.13. The molecule has 21 heavy (non-hydrogen) atoms. The number of benzene rings is 2. The molecular weight excluding hydrogens is 285 g/mol. The fourth-order valence-electron chi connectivity index (χ4n) is 2.97. The molecule has 1 fully saturated rings. The highest BCUT2D eigenvalue weighted by Gasteiger charge is 2.22. The Morgan fingerprint density at radius 3 is 2.62 bits per heavy atom. The van der Waals surface area contributed by atoms with E-state index in [1.54, 1.807) is 12.1 Å². The second-order valence-corrected chi connectivity index (χ2v) is 6.12. The summed E-state index contributed by atoms with van der Waals surface area (Å²) in [7, 11) is 1.86. The minimum Gasteiger partial charge on any atom is -0.309 e. The van der Waals surface area contributed by atoms with Gasteiger partial charge in [-0.15, -0.1) is 0 Å². The smallest absolute Gasteiger partial charge is 0.129 e. The third-order valence-electron chi connectivity index (χ3n) is 4.38. The van der Waals surface area contributed by atoms with Crippen LogP contribution in [0.25, 0.3) is 0 Å². The molecule has 3 rings (SSSR count). The molecule has 0 amide bonds. The van der Waals surface area contributed by atoms with Crippen LogP contribution in [0.5, 0.6) is 0 Å². The van der Waals surface area contributed by atoms with Gasteiger partial charge in [0.2, 0.25) is 0 Å². The van der Waals surface area contributed by atoms with Gasteiger partial charge in [0.15, 0.2) is 0 Å². The van der Waals surface area contributed by atoms with E-state index >= 15 is 0 Å². The zero-order valence-electron chi connectivity index (χ0n) is 12.1. The Morgan fingerprint density at radius 1 is 1.19 bits per heavy atom. The van der Waals surface area contributed by atoms with E-state index in [0.29, 0.717) is 16.5 Å². The monoisotopic (exact) mass is 303 g/mol. The topological polar surface area (TPSA) is 12.0 Å². The van der Waals surface area contributed by atoms with Gasteiger partial charge in [-0.05, 0) is 49.1 Å². The van der Waals surface area contributed by atoms with Gasteiger partial charge in [0.05, 0.1) is 6.04 Å². The van der Waals surface area contributed by atoms with Crippen molar-refractivity contribution in [1.82, 2.24) is 5.32 Å². The van der Waals surface area contributed by atoms with Crippen LogP contribution in [0, 0.1) is 5.82 Å². The van der Waals surface area contributed by atoms with Gasteiger partial charge in [-0.25, -0.2) is 4.39 Å². The van der Waals surface area contributed by atoms with Gasteiger partial charge in [-0.3, -0.25) is 0 Å². The Balaban J connectivity index is 1.95. The van der Waals surface area contributed by atoms with Gasteiger partial charge >= 0.3 is 0 Å². The summed E-state index contributed by atoms with van der Waals surface area (Å²) in [4.78, 5) is 0. The van der Waals surface area contributed by atoms with Crippen LogP contribution in [0.3, 0.4) is 0 Å². The minimum atomic E-state index is -0.268. The Labute approximate surface area is 130 Å². The first-order chi connectivity index (χ1) is 10.2. The minimum absolute atomic E-state index is 0.151. The zero-order chi connectivity index (χ0) is 14.8. The first-order valence-electron chi connectivity index (χ1n) is 7.41. The molecule has 0 bridgehead atoms. The van der Waals surface area contributed by atoms with Crippen molar-refractivity contribution in [3.63, 3.8) is 0 Å². The molecule has 2 aromatic carbocycles. The molecule has 1 unspecified atom stereocenters. The molecule has 1 N–H and O–H groups in total. The van der Waals surface area contributed by atoms with Crippen molar-refractivity contribution in [1.29, 1.82) is 0 Å². The van der Waals surface area contributed by atoms with E-state index < -0.39 is 0 Å². The van der Waals surface area contributed by atoms with E-state index in [9.17, 15) is 4.39 Å². The van der Waals surface area contributed by atoms with Gasteiger partial charge in [0, 0.05) is 10.6 Å². The predicted octanol–water partition coefficient (Wildman–Crippen LogP) is 5.06. The van der Waals surface area contributed by atoms with E-state index in [2.05, 4.69) is 29.6 Å². The summed E-state index contributed by atoms with van der Waals surface area (Å²) in [6, 6.07) is 13.2. The third kappa shape index (κ3) is 2.97. The number of nitrogens with one attached hydrogen (secondary N) is 1. The largest absolute Gasteiger partial charge is 0.309 e. The summed E-state index contributed by atoms with van der Waals surface area (Å²) in [5, 5.41) is 3.64. The van der Waals surface area contributed by atoms with Crippen LogP contribution in [-0.2, 0) is 0 Å². The SMILES string of the molecule is CNC(c1cccc(C2CCC2)c1)c1ccc(Cl)cc1F. The molecule has 3 heteroatoms. The van der Waals surface area contributed by atoms with Crippen LogP contribution >= 0.6 is 11.6 Å². The normalized spacial score (nSPS) is 16.5. The molecule has 0 aliphatic heterocycles. The summed E-state index contributed by atoms with van der Waals surface area (Å²) in [6.07, 6.45) is 3.85. The zero-order valence-corrected chi connectivity index (χ0v) is 12.8. The number of hydrogen-bond donors (Lipinski definition) is 1. The Hall–Kier alpha value is -1.38. The highest BCUT2D eigenvalue weighted by Crippen LogP contribution is 2.37. The van der Waals surface area contributed by atoms with Crippen LogP contribution in [-0.4, -0.2) is 7.05 Å². The van der Waals surface area contributed by atoms with Gasteiger partial charge < -0.3 is 5.32 Å². The van der Waals surface area contributed by atoms with Crippen molar-refractivity contribution in [2.45, 2.75) is 31.2 Å². The highest BCUT2D eigenvalue weighted by molar-refractivity contribution is 6.30. The number of hydrogen-bond acceptors (Lipinski definition) is 1. The van der Waals surface area contributed by atoms with E-state index in [1.807, 2.05) is 7.05 Å². The fraction of sp³-hybridized carbons (Fsp3) is 0.333.